The molecule has 3 aromatic heterocycles. The van der Waals surface area contributed by atoms with Crippen molar-refractivity contribution in [3.05, 3.63) is 28.6 Å². The van der Waals surface area contributed by atoms with Gasteiger partial charge in [0.1, 0.15) is 5.69 Å². The molecule has 0 saturated heterocycles. The lowest BCUT2D eigenvalue weighted by Gasteiger charge is -2.11. The number of carbonyl (C=O) groups is 1. The first-order valence-corrected chi connectivity index (χ1v) is 9.70. The molecule has 0 bridgehead atoms. The number of pyridine rings is 1. The number of carbonyl (C=O) groups excluding carboxylic acids is 1. The van der Waals surface area contributed by atoms with E-state index in [0.717, 1.165) is 35.0 Å². The van der Waals surface area contributed by atoms with E-state index in [4.69, 9.17) is 9.84 Å². The molecular formula is C19H22N4O2S. The maximum Gasteiger partial charge on any atom is 0.263 e. The average Bonchev–Trinajstić information content (AvgIpc) is 3.38. The van der Waals surface area contributed by atoms with Crippen molar-refractivity contribution < 1.29 is 9.53 Å². The van der Waals surface area contributed by atoms with Crippen molar-refractivity contribution >= 4 is 28.1 Å². The Labute approximate surface area is 156 Å². The Morgan fingerprint density at radius 3 is 2.81 bits per heavy atom. The minimum absolute atomic E-state index is 0.00544. The zero-order chi connectivity index (χ0) is 18.3. The van der Waals surface area contributed by atoms with E-state index in [2.05, 4.69) is 9.67 Å². The molecule has 26 heavy (non-hydrogen) atoms. The van der Waals surface area contributed by atoms with Crippen LogP contribution in [0.2, 0.25) is 0 Å². The van der Waals surface area contributed by atoms with Gasteiger partial charge in [0.05, 0.1) is 28.9 Å². The lowest BCUT2D eigenvalue weighted by Crippen LogP contribution is -2.20. The van der Waals surface area contributed by atoms with Crippen LogP contribution in [0.4, 0.5) is 0 Å². The molecule has 136 valence electrons. The van der Waals surface area contributed by atoms with Crippen LogP contribution in [0, 0.1) is 0 Å². The van der Waals surface area contributed by atoms with E-state index in [0.29, 0.717) is 16.8 Å². The maximum atomic E-state index is 12.3. The SMILES string of the molecule is COc1nccc2c1c(-c1csc(C(=O)N(C)C)c1)nn2C1CCCC1. The first-order valence-electron chi connectivity index (χ1n) is 8.82. The van der Waals surface area contributed by atoms with E-state index in [1.165, 1.54) is 24.2 Å². The number of hydrogen-bond acceptors (Lipinski definition) is 5. The van der Waals surface area contributed by atoms with Crippen molar-refractivity contribution in [2.45, 2.75) is 31.7 Å². The third-order valence-electron chi connectivity index (χ3n) is 4.94. The zero-order valence-corrected chi connectivity index (χ0v) is 16.0. The van der Waals surface area contributed by atoms with Crippen molar-refractivity contribution in [3.8, 4) is 17.1 Å². The van der Waals surface area contributed by atoms with Gasteiger partial charge in [-0.05, 0) is 25.0 Å². The van der Waals surface area contributed by atoms with E-state index in [-0.39, 0.29) is 5.91 Å². The largest absolute Gasteiger partial charge is 0.480 e. The Morgan fingerprint density at radius 2 is 2.12 bits per heavy atom. The first-order chi connectivity index (χ1) is 12.6. The standard InChI is InChI=1S/C19H22N4O2S/c1-22(2)19(24)15-10-12(11-26-15)17-16-14(8-9-20-18(16)25-3)23(21-17)13-6-4-5-7-13/h8-11,13H,4-7H2,1-3H3. The summed E-state index contributed by atoms with van der Waals surface area (Å²) in [6.45, 7) is 0. The van der Waals surface area contributed by atoms with Crippen LogP contribution in [0.3, 0.4) is 0 Å². The molecule has 0 unspecified atom stereocenters. The molecule has 0 aromatic carbocycles. The van der Waals surface area contributed by atoms with Crippen LogP contribution in [0.1, 0.15) is 41.4 Å². The summed E-state index contributed by atoms with van der Waals surface area (Å²) >= 11 is 1.44. The van der Waals surface area contributed by atoms with Crippen LogP contribution in [0.15, 0.2) is 23.7 Å². The van der Waals surface area contributed by atoms with Crippen molar-refractivity contribution in [2.75, 3.05) is 21.2 Å². The maximum absolute atomic E-state index is 12.3. The number of aromatic nitrogens is 3. The summed E-state index contributed by atoms with van der Waals surface area (Å²) in [5.41, 5.74) is 2.82. The second-order valence-electron chi connectivity index (χ2n) is 6.85. The van der Waals surface area contributed by atoms with Crippen LogP contribution in [-0.4, -0.2) is 46.8 Å². The predicted octanol–water partition coefficient (Wildman–Crippen LogP) is 3.99. The molecule has 1 amide bonds. The molecule has 1 aliphatic carbocycles. The van der Waals surface area contributed by atoms with Gasteiger partial charge in [-0.15, -0.1) is 11.3 Å². The summed E-state index contributed by atoms with van der Waals surface area (Å²) in [7, 11) is 5.16. The van der Waals surface area contributed by atoms with Gasteiger partial charge < -0.3 is 9.64 Å². The number of rotatable bonds is 4. The molecule has 0 atom stereocenters. The van der Waals surface area contributed by atoms with Crippen molar-refractivity contribution in [1.82, 2.24) is 19.7 Å². The van der Waals surface area contributed by atoms with E-state index >= 15 is 0 Å². The predicted molar refractivity (Wildman–Crippen MR) is 103 cm³/mol. The summed E-state index contributed by atoms with van der Waals surface area (Å²) in [5, 5.41) is 7.86. The van der Waals surface area contributed by atoms with E-state index in [1.807, 2.05) is 17.5 Å². The van der Waals surface area contributed by atoms with Crippen molar-refractivity contribution in [2.24, 2.45) is 0 Å². The Bertz CT molecular complexity index is 954. The van der Waals surface area contributed by atoms with Gasteiger partial charge in [-0.3, -0.25) is 9.48 Å². The molecule has 7 heteroatoms. The molecule has 1 fully saturated rings. The normalized spacial score (nSPS) is 14.9. The van der Waals surface area contributed by atoms with Gasteiger partial charge in [0.15, 0.2) is 0 Å². The van der Waals surface area contributed by atoms with Gasteiger partial charge in [0, 0.05) is 31.2 Å². The number of thiophene rings is 1. The van der Waals surface area contributed by atoms with Crippen LogP contribution >= 0.6 is 11.3 Å². The number of fused-ring (bicyclic) bond motifs is 1. The molecule has 0 N–H and O–H groups in total. The molecule has 0 radical (unpaired) electrons. The van der Waals surface area contributed by atoms with Crippen LogP contribution in [0.25, 0.3) is 22.2 Å². The number of ether oxygens (including phenoxy) is 1. The minimum atomic E-state index is 0.00544. The van der Waals surface area contributed by atoms with Crippen molar-refractivity contribution in [1.29, 1.82) is 0 Å². The quantitative estimate of drug-likeness (QED) is 0.697. The number of amides is 1. The Morgan fingerprint density at radius 1 is 1.35 bits per heavy atom. The lowest BCUT2D eigenvalue weighted by molar-refractivity contribution is 0.0832. The Hall–Kier alpha value is -2.41. The van der Waals surface area contributed by atoms with Crippen LogP contribution in [-0.2, 0) is 0 Å². The molecule has 3 aromatic rings. The highest BCUT2D eigenvalue weighted by molar-refractivity contribution is 7.12. The number of hydrogen-bond donors (Lipinski definition) is 0. The topological polar surface area (TPSA) is 60.2 Å². The third kappa shape index (κ3) is 2.76. The highest BCUT2D eigenvalue weighted by atomic mass is 32.1. The third-order valence-corrected chi connectivity index (χ3v) is 5.86. The van der Waals surface area contributed by atoms with Gasteiger partial charge in [-0.1, -0.05) is 12.8 Å². The molecular weight excluding hydrogens is 348 g/mol. The van der Waals surface area contributed by atoms with Gasteiger partial charge >= 0.3 is 0 Å². The molecule has 0 spiro atoms. The second-order valence-corrected chi connectivity index (χ2v) is 7.76. The molecule has 1 aliphatic rings. The summed E-state index contributed by atoms with van der Waals surface area (Å²) in [6.07, 6.45) is 6.55. The summed E-state index contributed by atoms with van der Waals surface area (Å²) < 4.78 is 7.65. The van der Waals surface area contributed by atoms with E-state index in [1.54, 1.807) is 32.3 Å². The lowest BCUT2D eigenvalue weighted by atomic mass is 10.1. The average molecular weight is 370 g/mol. The molecule has 1 saturated carbocycles. The molecule has 3 heterocycles. The van der Waals surface area contributed by atoms with Crippen LogP contribution < -0.4 is 4.74 Å². The molecule has 4 rings (SSSR count). The Balaban J connectivity index is 1.88. The van der Waals surface area contributed by atoms with Gasteiger partial charge in [0.2, 0.25) is 5.88 Å². The van der Waals surface area contributed by atoms with E-state index in [9.17, 15) is 4.79 Å². The van der Waals surface area contributed by atoms with E-state index < -0.39 is 0 Å². The molecule has 0 aliphatic heterocycles. The summed E-state index contributed by atoms with van der Waals surface area (Å²) in [5.74, 6) is 0.583. The second kappa shape index (κ2) is 6.72. The Kier molecular flexibility index (Phi) is 4.40. The minimum Gasteiger partial charge on any atom is -0.480 e. The zero-order valence-electron chi connectivity index (χ0n) is 15.2. The summed E-state index contributed by atoms with van der Waals surface area (Å²) in [6, 6.07) is 4.34. The van der Waals surface area contributed by atoms with Gasteiger partial charge in [-0.2, -0.15) is 5.10 Å². The molecule has 6 nitrogen and oxygen atoms in total. The number of methoxy groups -OCH3 is 1. The van der Waals surface area contributed by atoms with Gasteiger partial charge in [0.25, 0.3) is 5.91 Å². The van der Waals surface area contributed by atoms with Crippen molar-refractivity contribution in [3.63, 3.8) is 0 Å². The van der Waals surface area contributed by atoms with Crippen LogP contribution in [0.5, 0.6) is 5.88 Å². The highest BCUT2D eigenvalue weighted by Crippen LogP contribution is 2.39. The fourth-order valence-electron chi connectivity index (χ4n) is 3.64. The summed E-state index contributed by atoms with van der Waals surface area (Å²) in [4.78, 5) is 18.9. The van der Waals surface area contributed by atoms with Gasteiger partial charge in [-0.25, -0.2) is 4.98 Å². The first kappa shape index (κ1) is 17.0. The number of nitrogens with zero attached hydrogens (tertiary/aromatic N) is 4. The monoisotopic (exact) mass is 370 g/mol. The highest BCUT2D eigenvalue weighted by Gasteiger charge is 2.25. The fraction of sp³-hybridized carbons (Fsp3) is 0.421. The smallest absolute Gasteiger partial charge is 0.263 e. The fourth-order valence-corrected chi connectivity index (χ4v) is 4.55.